The number of aromatic hydroxyl groups is 2. The van der Waals surface area contributed by atoms with E-state index in [0.29, 0.717) is 17.9 Å². The zero-order chi connectivity index (χ0) is 24.8. The highest BCUT2D eigenvalue weighted by atomic mass is 16.5. The van der Waals surface area contributed by atoms with E-state index in [1.54, 1.807) is 19.1 Å². The van der Waals surface area contributed by atoms with Crippen molar-refractivity contribution in [2.75, 3.05) is 27.7 Å². The van der Waals surface area contributed by atoms with Crippen molar-refractivity contribution in [1.82, 2.24) is 10.2 Å². The van der Waals surface area contributed by atoms with Crippen molar-refractivity contribution in [3.63, 3.8) is 0 Å². The molecule has 0 aliphatic heterocycles. The molecule has 0 saturated heterocycles. The van der Waals surface area contributed by atoms with Crippen LogP contribution in [0.25, 0.3) is 0 Å². The number of phenolic OH excluding ortho intramolecular Hbond substituents is 1. The summed E-state index contributed by atoms with van der Waals surface area (Å²) in [5.74, 6) is -1.19. The van der Waals surface area contributed by atoms with Crippen molar-refractivity contribution in [1.29, 1.82) is 0 Å². The molecule has 8 heteroatoms. The van der Waals surface area contributed by atoms with Gasteiger partial charge in [-0.15, -0.1) is 0 Å². The fourth-order valence-corrected chi connectivity index (χ4v) is 3.88. The van der Waals surface area contributed by atoms with Crippen LogP contribution in [0.3, 0.4) is 0 Å². The van der Waals surface area contributed by atoms with Gasteiger partial charge < -0.3 is 29.6 Å². The van der Waals surface area contributed by atoms with Crippen LogP contribution >= 0.6 is 0 Å². The minimum absolute atomic E-state index is 0.0138. The molecular formula is C26H30N2O6. The molecule has 8 nitrogen and oxygen atoms in total. The van der Waals surface area contributed by atoms with E-state index in [0.717, 1.165) is 5.56 Å². The predicted octanol–water partition coefficient (Wildman–Crippen LogP) is 3.31. The van der Waals surface area contributed by atoms with Gasteiger partial charge in [0.25, 0.3) is 0 Å². The topological polar surface area (TPSA) is 112 Å². The lowest BCUT2D eigenvalue weighted by molar-refractivity contribution is -0.121. The van der Waals surface area contributed by atoms with E-state index >= 15 is 0 Å². The Balaban J connectivity index is 1.90. The number of aryl methyl sites for hydroxylation is 1. The summed E-state index contributed by atoms with van der Waals surface area (Å²) < 4.78 is 10.9. The summed E-state index contributed by atoms with van der Waals surface area (Å²) in [6, 6.07) is 15.6. The fourth-order valence-electron chi connectivity index (χ4n) is 3.88. The average molecular weight is 467 g/mol. The monoisotopic (exact) mass is 466 g/mol. The highest BCUT2D eigenvalue weighted by Crippen LogP contribution is 2.37. The summed E-state index contributed by atoms with van der Waals surface area (Å²) in [6.45, 7) is 1.96. The number of rotatable bonds is 9. The molecule has 0 bridgehead atoms. The summed E-state index contributed by atoms with van der Waals surface area (Å²) in [7, 11) is 5.29. The second kappa shape index (κ2) is 10.9. The molecule has 0 fully saturated rings. The summed E-state index contributed by atoms with van der Waals surface area (Å²) in [6.07, 6.45) is -0.0944. The summed E-state index contributed by atoms with van der Waals surface area (Å²) in [4.78, 5) is 27.3. The first-order valence-electron chi connectivity index (χ1n) is 10.9. The van der Waals surface area contributed by atoms with E-state index in [-0.39, 0.29) is 35.6 Å². The van der Waals surface area contributed by atoms with Crippen LogP contribution in [0.1, 0.15) is 41.0 Å². The normalized spacial score (nSPS) is 12.9. The Hall–Kier alpha value is -3.78. The smallest absolute Gasteiger partial charge is 0.227 e. The highest BCUT2D eigenvalue weighted by Gasteiger charge is 2.27. The van der Waals surface area contributed by atoms with E-state index < -0.39 is 17.1 Å². The minimum Gasteiger partial charge on any atom is -0.504 e. The first kappa shape index (κ1) is 24.9. The van der Waals surface area contributed by atoms with Crippen molar-refractivity contribution in [3.8, 4) is 17.2 Å². The Morgan fingerprint density at radius 1 is 1.09 bits per heavy atom. The third-order valence-electron chi connectivity index (χ3n) is 5.68. The third-order valence-corrected chi connectivity index (χ3v) is 5.68. The molecule has 180 valence electrons. The van der Waals surface area contributed by atoms with Crippen molar-refractivity contribution in [2.24, 2.45) is 0 Å². The molecule has 1 amide bonds. The molecule has 2 atom stereocenters. The van der Waals surface area contributed by atoms with Gasteiger partial charge in [0.2, 0.25) is 17.1 Å². The van der Waals surface area contributed by atoms with E-state index in [4.69, 9.17) is 9.15 Å². The Morgan fingerprint density at radius 3 is 2.44 bits per heavy atom. The number of amides is 1. The van der Waals surface area contributed by atoms with Gasteiger partial charge in [-0.25, -0.2) is 0 Å². The standard InChI is InChI=1S/C26H30N2O6/c1-16-12-22(30)25(32)26(34-16)19(18-10-11-21(29)23(13-18)33-4)14-24(31)27-15-20(28(2)3)17-8-6-5-7-9-17/h5-13,19-20,29,32H,14-15H2,1-4H3,(H,27,31)/t19-,20-/m1/s1. The third kappa shape index (κ3) is 5.77. The SMILES string of the molecule is COc1cc([C@@H](CC(=O)NC[C@H](c2ccccc2)N(C)C)c2oc(C)cc(=O)c2O)ccc1O. The minimum atomic E-state index is -0.781. The molecule has 2 aromatic carbocycles. The largest absolute Gasteiger partial charge is 0.504 e. The number of likely N-dealkylation sites (N-methyl/N-ethyl adjacent to an activating group) is 1. The maximum Gasteiger partial charge on any atom is 0.227 e. The van der Waals surface area contributed by atoms with Gasteiger partial charge in [0.1, 0.15) is 5.76 Å². The number of phenols is 1. The second-order valence-electron chi connectivity index (χ2n) is 8.32. The molecular weight excluding hydrogens is 436 g/mol. The summed E-state index contributed by atoms with van der Waals surface area (Å²) in [5.41, 5.74) is 1.02. The molecule has 3 rings (SSSR count). The van der Waals surface area contributed by atoms with Gasteiger partial charge in [0.15, 0.2) is 17.3 Å². The zero-order valence-electron chi connectivity index (χ0n) is 19.7. The Bertz CT molecular complexity index is 1190. The van der Waals surface area contributed by atoms with Crippen molar-refractivity contribution in [2.45, 2.75) is 25.3 Å². The number of hydrogen-bond acceptors (Lipinski definition) is 7. The van der Waals surface area contributed by atoms with Crippen LogP contribution in [0.4, 0.5) is 0 Å². The Morgan fingerprint density at radius 2 is 1.79 bits per heavy atom. The van der Waals surface area contributed by atoms with Crippen molar-refractivity contribution >= 4 is 5.91 Å². The van der Waals surface area contributed by atoms with Crippen LogP contribution in [-0.4, -0.2) is 48.8 Å². The van der Waals surface area contributed by atoms with E-state index in [1.807, 2.05) is 49.3 Å². The molecule has 1 aromatic heterocycles. The van der Waals surface area contributed by atoms with Crippen LogP contribution in [0, 0.1) is 6.92 Å². The molecule has 0 aliphatic carbocycles. The first-order valence-corrected chi connectivity index (χ1v) is 10.9. The quantitative estimate of drug-likeness (QED) is 0.444. The van der Waals surface area contributed by atoms with Gasteiger partial charge in [0.05, 0.1) is 19.1 Å². The highest BCUT2D eigenvalue weighted by molar-refractivity contribution is 5.77. The lowest BCUT2D eigenvalue weighted by Gasteiger charge is -2.25. The van der Waals surface area contributed by atoms with Gasteiger partial charge in [-0.05, 0) is 44.3 Å². The molecule has 0 radical (unpaired) electrons. The van der Waals surface area contributed by atoms with E-state index in [2.05, 4.69) is 5.32 Å². The van der Waals surface area contributed by atoms with Gasteiger partial charge in [-0.3, -0.25) is 9.59 Å². The molecule has 1 heterocycles. The van der Waals surface area contributed by atoms with Gasteiger partial charge in [0, 0.05) is 19.0 Å². The van der Waals surface area contributed by atoms with Crippen LogP contribution in [0.15, 0.2) is 63.8 Å². The summed E-state index contributed by atoms with van der Waals surface area (Å²) >= 11 is 0. The molecule has 0 aliphatic rings. The van der Waals surface area contributed by atoms with Crippen molar-refractivity contribution in [3.05, 3.63) is 87.5 Å². The molecule has 0 unspecified atom stereocenters. The number of hydrogen-bond donors (Lipinski definition) is 3. The summed E-state index contributed by atoms with van der Waals surface area (Å²) in [5, 5.41) is 23.4. The Labute approximate surface area is 198 Å². The second-order valence-corrected chi connectivity index (χ2v) is 8.32. The Kier molecular flexibility index (Phi) is 7.96. The van der Waals surface area contributed by atoms with Gasteiger partial charge in [-0.1, -0.05) is 36.4 Å². The fraction of sp³-hybridized carbons (Fsp3) is 0.308. The van der Waals surface area contributed by atoms with Gasteiger partial charge in [-0.2, -0.15) is 0 Å². The molecule has 3 aromatic rings. The van der Waals surface area contributed by atoms with Gasteiger partial charge >= 0.3 is 0 Å². The number of carbonyl (C=O) groups excluding carboxylic acids is 1. The molecule has 0 spiro atoms. The first-order chi connectivity index (χ1) is 16.2. The van der Waals surface area contributed by atoms with Crippen LogP contribution in [-0.2, 0) is 4.79 Å². The maximum absolute atomic E-state index is 13.0. The lowest BCUT2D eigenvalue weighted by atomic mass is 9.91. The zero-order valence-corrected chi connectivity index (χ0v) is 19.7. The lowest BCUT2D eigenvalue weighted by Crippen LogP contribution is -2.35. The molecule has 3 N–H and O–H groups in total. The van der Waals surface area contributed by atoms with Crippen LogP contribution < -0.4 is 15.5 Å². The predicted molar refractivity (Wildman–Crippen MR) is 128 cm³/mol. The molecule has 34 heavy (non-hydrogen) atoms. The van der Waals surface area contributed by atoms with Crippen LogP contribution in [0.5, 0.6) is 17.2 Å². The van der Waals surface area contributed by atoms with E-state index in [9.17, 15) is 19.8 Å². The number of methoxy groups -OCH3 is 1. The number of ether oxygens (including phenoxy) is 1. The number of nitrogens with zero attached hydrogens (tertiary/aromatic N) is 1. The number of carbonyl (C=O) groups is 1. The van der Waals surface area contributed by atoms with Crippen molar-refractivity contribution < 1.29 is 24.2 Å². The number of nitrogens with one attached hydrogen (secondary N) is 1. The maximum atomic E-state index is 13.0. The van der Waals surface area contributed by atoms with E-state index in [1.165, 1.54) is 19.2 Å². The van der Waals surface area contributed by atoms with Crippen LogP contribution in [0.2, 0.25) is 0 Å². The number of benzene rings is 2. The molecule has 0 saturated carbocycles. The average Bonchev–Trinajstić information content (AvgIpc) is 2.81.